The Balaban J connectivity index is 2.50. The molecule has 108 valence electrons. The van der Waals surface area contributed by atoms with Crippen molar-refractivity contribution >= 4 is 0 Å². The van der Waals surface area contributed by atoms with E-state index < -0.39 is 0 Å². The smallest absolute Gasteiger partial charge is 0.120 e. The minimum atomic E-state index is 0.264. The third-order valence-electron chi connectivity index (χ3n) is 3.25. The molecule has 0 saturated heterocycles. The summed E-state index contributed by atoms with van der Waals surface area (Å²) in [6.45, 7) is 8.17. The number of benzene rings is 1. The normalized spacial score (nSPS) is 14.1. The van der Waals surface area contributed by atoms with Crippen LogP contribution in [0.5, 0.6) is 5.75 Å². The zero-order valence-electron chi connectivity index (χ0n) is 12.6. The number of hydrogen-bond acceptors (Lipinski definition) is 3. The Morgan fingerprint density at radius 1 is 1.26 bits per heavy atom. The molecule has 3 nitrogen and oxygen atoms in total. The van der Waals surface area contributed by atoms with E-state index in [9.17, 15) is 0 Å². The van der Waals surface area contributed by atoms with E-state index in [-0.39, 0.29) is 6.10 Å². The molecule has 1 N–H and O–H groups in total. The second-order valence-electron chi connectivity index (χ2n) is 4.93. The Bertz CT molecular complexity index is 354. The first kappa shape index (κ1) is 16.0. The molecule has 0 aliphatic carbocycles. The van der Waals surface area contributed by atoms with Crippen molar-refractivity contribution in [1.29, 1.82) is 0 Å². The first-order valence-corrected chi connectivity index (χ1v) is 7.16. The van der Waals surface area contributed by atoms with Gasteiger partial charge in [-0.25, -0.2) is 0 Å². The summed E-state index contributed by atoms with van der Waals surface area (Å²) < 4.78 is 10.9. The summed E-state index contributed by atoms with van der Waals surface area (Å²) in [5.41, 5.74) is 1.26. The standard InChI is InChI=1S/C16H27NO2/c1-5-13(2)19-16-9-6-8-15(12-16)14(3)17-10-7-11-18-4/h6,8-9,12-14,17H,5,7,10-11H2,1-4H3/t13-,14-/m0/s1. The van der Waals surface area contributed by atoms with E-state index in [0.717, 1.165) is 31.7 Å². The Kier molecular flexibility index (Phi) is 7.53. The third-order valence-corrected chi connectivity index (χ3v) is 3.25. The van der Waals surface area contributed by atoms with Crippen LogP contribution in [0.15, 0.2) is 24.3 Å². The average Bonchev–Trinajstić information content (AvgIpc) is 2.43. The lowest BCUT2D eigenvalue weighted by molar-refractivity contribution is 0.193. The summed E-state index contributed by atoms with van der Waals surface area (Å²) in [5.74, 6) is 0.956. The minimum absolute atomic E-state index is 0.264. The second-order valence-corrected chi connectivity index (χ2v) is 4.93. The monoisotopic (exact) mass is 265 g/mol. The summed E-state index contributed by atoms with van der Waals surface area (Å²) in [6.07, 6.45) is 2.32. The predicted molar refractivity (Wildman–Crippen MR) is 79.7 cm³/mol. The van der Waals surface area contributed by atoms with Gasteiger partial charge in [0.15, 0.2) is 0 Å². The van der Waals surface area contributed by atoms with Crippen molar-refractivity contribution in [3.63, 3.8) is 0 Å². The highest BCUT2D eigenvalue weighted by Crippen LogP contribution is 2.20. The van der Waals surface area contributed by atoms with Crippen molar-refractivity contribution in [2.75, 3.05) is 20.3 Å². The molecule has 0 spiro atoms. The quantitative estimate of drug-likeness (QED) is 0.693. The summed E-state index contributed by atoms with van der Waals surface area (Å²) in [7, 11) is 1.74. The van der Waals surface area contributed by atoms with Crippen LogP contribution in [-0.2, 0) is 4.74 Å². The highest BCUT2D eigenvalue weighted by atomic mass is 16.5. The van der Waals surface area contributed by atoms with Gasteiger partial charge in [-0.05, 0) is 50.9 Å². The number of methoxy groups -OCH3 is 1. The molecular weight excluding hydrogens is 238 g/mol. The molecule has 0 heterocycles. The van der Waals surface area contributed by atoms with Gasteiger partial charge < -0.3 is 14.8 Å². The fourth-order valence-corrected chi connectivity index (χ4v) is 1.83. The Hall–Kier alpha value is -1.06. The van der Waals surface area contributed by atoms with Crippen LogP contribution in [0.4, 0.5) is 0 Å². The summed E-state index contributed by atoms with van der Waals surface area (Å²) >= 11 is 0. The van der Waals surface area contributed by atoms with Crippen molar-refractivity contribution in [2.45, 2.75) is 45.8 Å². The molecule has 0 fully saturated rings. The number of ether oxygens (including phenoxy) is 2. The Morgan fingerprint density at radius 3 is 2.74 bits per heavy atom. The molecule has 1 aromatic carbocycles. The second kappa shape index (κ2) is 8.94. The maximum Gasteiger partial charge on any atom is 0.120 e. The molecule has 0 amide bonds. The fraction of sp³-hybridized carbons (Fsp3) is 0.625. The van der Waals surface area contributed by atoms with Crippen LogP contribution in [0.1, 0.15) is 45.2 Å². The highest BCUT2D eigenvalue weighted by molar-refractivity contribution is 5.30. The molecule has 0 radical (unpaired) electrons. The zero-order chi connectivity index (χ0) is 14.1. The molecule has 0 unspecified atom stereocenters. The number of rotatable bonds is 9. The van der Waals surface area contributed by atoms with E-state index in [2.05, 4.69) is 44.3 Å². The van der Waals surface area contributed by atoms with Crippen molar-refractivity contribution in [3.05, 3.63) is 29.8 Å². The van der Waals surface area contributed by atoms with Gasteiger partial charge in [-0.15, -0.1) is 0 Å². The topological polar surface area (TPSA) is 30.5 Å². The molecule has 0 bridgehead atoms. The van der Waals surface area contributed by atoms with Gasteiger partial charge in [-0.2, -0.15) is 0 Å². The van der Waals surface area contributed by atoms with E-state index >= 15 is 0 Å². The lowest BCUT2D eigenvalue weighted by Gasteiger charge is -2.17. The van der Waals surface area contributed by atoms with Crippen LogP contribution >= 0.6 is 0 Å². The third kappa shape index (κ3) is 6.08. The van der Waals surface area contributed by atoms with Crippen molar-refractivity contribution in [2.24, 2.45) is 0 Å². The van der Waals surface area contributed by atoms with Crippen molar-refractivity contribution in [3.8, 4) is 5.75 Å². The van der Waals surface area contributed by atoms with Crippen LogP contribution in [-0.4, -0.2) is 26.4 Å². The van der Waals surface area contributed by atoms with E-state index in [1.54, 1.807) is 7.11 Å². The highest BCUT2D eigenvalue weighted by Gasteiger charge is 2.07. The minimum Gasteiger partial charge on any atom is -0.491 e. The Morgan fingerprint density at radius 2 is 2.05 bits per heavy atom. The van der Waals surface area contributed by atoms with Crippen LogP contribution in [0, 0.1) is 0 Å². The number of hydrogen-bond donors (Lipinski definition) is 1. The molecule has 0 aromatic heterocycles. The number of nitrogens with one attached hydrogen (secondary N) is 1. The molecule has 0 saturated carbocycles. The largest absolute Gasteiger partial charge is 0.491 e. The average molecular weight is 265 g/mol. The Labute approximate surface area is 117 Å². The molecular formula is C16H27NO2. The molecule has 19 heavy (non-hydrogen) atoms. The molecule has 3 heteroatoms. The summed E-state index contributed by atoms with van der Waals surface area (Å²) in [6, 6.07) is 8.67. The fourth-order valence-electron chi connectivity index (χ4n) is 1.83. The van der Waals surface area contributed by atoms with Gasteiger partial charge in [0.25, 0.3) is 0 Å². The van der Waals surface area contributed by atoms with Gasteiger partial charge in [-0.3, -0.25) is 0 Å². The van der Waals surface area contributed by atoms with Gasteiger partial charge in [-0.1, -0.05) is 19.1 Å². The van der Waals surface area contributed by atoms with Crippen LogP contribution in [0.2, 0.25) is 0 Å². The van der Waals surface area contributed by atoms with Gasteiger partial charge in [0, 0.05) is 19.8 Å². The molecule has 2 atom stereocenters. The van der Waals surface area contributed by atoms with E-state index in [1.807, 2.05) is 6.07 Å². The predicted octanol–water partition coefficient (Wildman–Crippen LogP) is 3.55. The van der Waals surface area contributed by atoms with E-state index in [1.165, 1.54) is 5.56 Å². The van der Waals surface area contributed by atoms with E-state index in [0.29, 0.717) is 6.04 Å². The molecule has 0 aliphatic rings. The van der Waals surface area contributed by atoms with Crippen LogP contribution in [0.25, 0.3) is 0 Å². The summed E-state index contributed by atoms with van der Waals surface area (Å²) in [4.78, 5) is 0. The molecule has 0 aliphatic heterocycles. The summed E-state index contributed by atoms with van der Waals surface area (Å²) in [5, 5.41) is 3.49. The zero-order valence-corrected chi connectivity index (χ0v) is 12.6. The van der Waals surface area contributed by atoms with Gasteiger partial charge in [0.1, 0.15) is 5.75 Å². The van der Waals surface area contributed by atoms with Crippen molar-refractivity contribution in [1.82, 2.24) is 5.32 Å². The lowest BCUT2D eigenvalue weighted by atomic mass is 10.1. The van der Waals surface area contributed by atoms with Crippen LogP contribution < -0.4 is 10.1 Å². The van der Waals surface area contributed by atoms with Crippen molar-refractivity contribution < 1.29 is 9.47 Å². The van der Waals surface area contributed by atoms with Crippen LogP contribution in [0.3, 0.4) is 0 Å². The first-order chi connectivity index (χ1) is 9.17. The molecule has 1 aromatic rings. The van der Waals surface area contributed by atoms with Gasteiger partial charge in [0.05, 0.1) is 6.10 Å². The maximum atomic E-state index is 5.85. The van der Waals surface area contributed by atoms with Gasteiger partial charge >= 0.3 is 0 Å². The lowest BCUT2D eigenvalue weighted by Crippen LogP contribution is -2.21. The SMILES string of the molecule is CC[C@H](C)Oc1cccc([C@H](C)NCCCOC)c1. The van der Waals surface area contributed by atoms with E-state index in [4.69, 9.17) is 9.47 Å². The maximum absolute atomic E-state index is 5.85. The molecule has 1 rings (SSSR count). The first-order valence-electron chi connectivity index (χ1n) is 7.16. The van der Waals surface area contributed by atoms with Gasteiger partial charge in [0.2, 0.25) is 0 Å².